The second-order valence-corrected chi connectivity index (χ2v) is 13.8. The monoisotopic (exact) mass is 972 g/mol. The SMILES string of the molecule is CC(C)(c1cc(N(c2ccccc2)c2ccccc2)cc(-c2[c-]cc(F)nc2F)n1)c1cc(N(c2ccccc2)c2ccccc2)cc(-n2[c-]cc(C(F)(F)F)n2)n1.[Pt+2]. The molecule has 0 unspecified atom stereocenters. The summed E-state index contributed by atoms with van der Waals surface area (Å²) in [6.45, 7) is 3.72. The molecule has 0 bridgehead atoms. The molecule has 296 valence electrons. The second-order valence-electron chi connectivity index (χ2n) is 13.8. The van der Waals surface area contributed by atoms with Crippen LogP contribution >= 0.6 is 0 Å². The van der Waals surface area contributed by atoms with Crippen LogP contribution < -0.4 is 9.80 Å². The van der Waals surface area contributed by atoms with E-state index in [4.69, 9.17) is 9.97 Å². The fourth-order valence-electron chi connectivity index (χ4n) is 6.58. The van der Waals surface area contributed by atoms with E-state index in [-0.39, 0.29) is 38.1 Å². The number of rotatable bonds is 10. The summed E-state index contributed by atoms with van der Waals surface area (Å²) < 4.78 is 72.1. The van der Waals surface area contributed by atoms with Crippen molar-refractivity contribution < 1.29 is 43.0 Å². The molecule has 0 fully saturated rings. The Labute approximate surface area is 351 Å². The van der Waals surface area contributed by atoms with Crippen molar-refractivity contribution in [1.82, 2.24) is 24.7 Å². The molecule has 59 heavy (non-hydrogen) atoms. The van der Waals surface area contributed by atoms with Gasteiger partial charge in [0.15, 0.2) is 0 Å². The largest absolute Gasteiger partial charge is 2.00 e. The fraction of sp³-hybridized carbons (Fsp3) is 0.0870. The fourth-order valence-corrected chi connectivity index (χ4v) is 6.58. The molecule has 8 rings (SSSR count). The summed E-state index contributed by atoms with van der Waals surface area (Å²) in [5, 5.41) is 3.82. The molecule has 13 heteroatoms. The van der Waals surface area contributed by atoms with Gasteiger partial charge in [-0.15, -0.1) is 12.1 Å². The van der Waals surface area contributed by atoms with Crippen molar-refractivity contribution in [2.24, 2.45) is 0 Å². The molecule has 0 aliphatic rings. The number of hydrogen-bond donors (Lipinski definition) is 0. The minimum atomic E-state index is -4.72. The quantitative estimate of drug-likeness (QED) is 0.0773. The first-order valence-electron chi connectivity index (χ1n) is 18.1. The Morgan fingerprint density at radius 2 is 1.00 bits per heavy atom. The number of aromatic nitrogens is 5. The zero-order chi connectivity index (χ0) is 40.4. The summed E-state index contributed by atoms with van der Waals surface area (Å²) in [6.07, 6.45) is -2.12. The van der Waals surface area contributed by atoms with Gasteiger partial charge in [0.1, 0.15) is 11.9 Å². The van der Waals surface area contributed by atoms with Gasteiger partial charge in [0.2, 0.25) is 0 Å². The third-order valence-corrected chi connectivity index (χ3v) is 9.50. The smallest absolute Gasteiger partial charge is 0.343 e. The van der Waals surface area contributed by atoms with E-state index in [9.17, 15) is 17.6 Å². The number of halogens is 5. The predicted octanol–water partition coefficient (Wildman–Crippen LogP) is 11.9. The predicted molar refractivity (Wildman–Crippen MR) is 213 cm³/mol. The van der Waals surface area contributed by atoms with Crippen LogP contribution in [0.3, 0.4) is 0 Å². The zero-order valence-corrected chi connectivity index (χ0v) is 33.6. The third kappa shape index (κ3) is 8.54. The van der Waals surface area contributed by atoms with Crippen LogP contribution in [0.1, 0.15) is 30.9 Å². The average Bonchev–Trinajstić information content (AvgIpc) is 3.75. The average molecular weight is 973 g/mol. The molecule has 4 aromatic carbocycles. The van der Waals surface area contributed by atoms with Gasteiger partial charge in [0, 0.05) is 50.9 Å². The van der Waals surface area contributed by atoms with E-state index < -0.39 is 29.2 Å². The molecule has 4 aromatic heterocycles. The summed E-state index contributed by atoms with van der Waals surface area (Å²) in [5.41, 5.74) is 2.72. The van der Waals surface area contributed by atoms with Gasteiger partial charge in [0.05, 0.1) is 11.5 Å². The molecule has 0 atom stereocenters. The summed E-state index contributed by atoms with van der Waals surface area (Å²) >= 11 is 0. The first-order chi connectivity index (χ1) is 28.0. The van der Waals surface area contributed by atoms with Crippen molar-refractivity contribution in [3.05, 3.63) is 199 Å². The third-order valence-electron chi connectivity index (χ3n) is 9.50. The number of pyridine rings is 3. The van der Waals surface area contributed by atoms with Crippen molar-refractivity contribution in [3.8, 4) is 17.1 Å². The zero-order valence-electron chi connectivity index (χ0n) is 31.3. The minimum Gasteiger partial charge on any atom is -0.343 e. The van der Waals surface area contributed by atoms with Crippen LogP contribution in [-0.4, -0.2) is 24.7 Å². The molecule has 7 nitrogen and oxygen atoms in total. The van der Waals surface area contributed by atoms with Crippen LogP contribution in [0.15, 0.2) is 158 Å². The van der Waals surface area contributed by atoms with Crippen LogP contribution in [-0.2, 0) is 32.7 Å². The maximum atomic E-state index is 15.5. The van der Waals surface area contributed by atoms with Gasteiger partial charge in [-0.25, -0.2) is 8.78 Å². The standard InChI is InChI=1S/C46H32F5N7.Pt/c1-45(2,40-28-35(27-38(52-40)37-23-24-42(47)54-44(37)48)57(31-15-7-3-8-16-31)32-17-9-4-10-18-32)41-29-36(30-43(53-41)56-26-25-39(55-56)46(49,50)51)58(33-19-11-5-12-20-33)34-21-13-6-14-22-34;/h3-22,24-25,27-30H,1-2H3;/q-2;+2. The van der Waals surface area contributed by atoms with Crippen LogP contribution in [0, 0.1) is 24.2 Å². The minimum absolute atomic E-state index is 0. The van der Waals surface area contributed by atoms with Crippen LogP contribution in [0.25, 0.3) is 17.1 Å². The number of anilines is 6. The van der Waals surface area contributed by atoms with Crippen molar-refractivity contribution in [2.45, 2.75) is 25.4 Å². The van der Waals surface area contributed by atoms with E-state index in [1.807, 2.05) is 157 Å². The Balaban J connectivity index is 0.00000528. The molecule has 0 aliphatic heterocycles. The Morgan fingerprint density at radius 3 is 1.44 bits per heavy atom. The van der Waals surface area contributed by atoms with E-state index in [2.05, 4.69) is 22.3 Å². The van der Waals surface area contributed by atoms with E-state index in [1.165, 1.54) is 0 Å². The van der Waals surface area contributed by atoms with Crippen LogP contribution in [0.4, 0.5) is 56.1 Å². The molecule has 0 spiro atoms. The molecule has 0 N–H and O–H groups in total. The van der Waals surface area contributed by atoms with Gasteiger partial charge in [0.25, 0.3) is 0 Å². The van der Waals surface area contributed by atoms with E-state index in [1.54, 1.807) is 12.1 Å². The Kier molecular flexibility index (Phi) is 11.5. The molecular formula is C46H32F5N7Pt. The van der Waals surface area contributed by atoms with Gasteiger partial charge >= 0.3 is 27.2 Å². The van der Waals surface area contributed by atoms with Gasteiger partial charge in [-0.3, -0.25) is 15.1 Å². The molecular weight excluding hydrogens is 941 g/mol. The molecule has 0 radical (unpaired) electrons. The van der Waals surface area contributed by atoms with E-state index >= 15 is 4.39 Å². The van der Waals surface area contributed by atoms with Gasteiger partial charge in [-0.2, -0.15) is 13.2 Å². The number of hydrogen-bond acceptors (Lipinski definition) is 6. The molecule has 0 saturated carbocycles. The number of alkyl halides is 3. The summed E-state index contributed by atoms with van der Waals surface area (Å²) in [4.78, 5) is 17.2. The maximum Gasteiger partial charge on any atom is 2.00 e. The summed E-state index contributed by atoms with van der Waals surface area (Å²) in [7, 11) is 0. The van der Waals surface area contributed by atoms with Crippen molar-refractivity contribution in [3.63, 3.8) is 0 Å². The van der Waals surface area contributed by atoms with Crippen LogP contribution in [0.5, 0.6) is 0 Å². The van der Waals surface area contributed by atoms with Crippen molar-refractivity contribution >= 4 is 34.1 Å². The van der Waals surface area contributed by atoms with Gasteiger partial charge in [-0.1, -0.05) is 96.7 Å². The Morgan fingerprint density at radius 1 is 0.542 bits per heavy atom. The van der Waals surface area contributed by atoms with E-state index in [0.29, 0.717) is 22.8 Å². The molecule has 8 aromatic rings. The van der Waals surface area contributed by atoms with Gasteiger partial charge < -0.3 is 19.5 Å². The topological polar surface area (TPSA) is 63.0 Å². The second kappa shape index (κ2) is 16.8. The van der Waals surface area contributed by atoms with Gasteiger partial charge in [-0.05, 0) is 86.3 Å². The first-order valence-corrected chi connectivity index (χ1v) is 18.1. The summed E-state index contributed by atoms with van der Waals surface area (Å²) in [5.74, 6) is -2.08. The molecule has 0 saturated heterocycles. The Hall–Kier alpha value is -6.52. The number of para-hydroxylation sites is 4. The maximum absolute atomic E-state index is 15.5. The van der Waals surface area contributed by atoms with Crippen LogP contribution in [0.2, 0.25) is 0 Å². The molecule has 0 aliphatic carbocycles. The van der Waals surface area contributed by atoms with E-state index in [0.717, 1.165) is 39.6 Å². The van der Waals surface area contributed by atoms with Crippen molar-refractivity contribution in [1.29, 1.82) is 0 Å². The Bertz CT molecular complexity index is 2600. The number of nitrogens with zero attached hydrogens (tertiary/aromatic N) is 7. The summed E-state index contributed by atoms with van der Waals surface area (Å²) in [6, 6.07) is 49.5. The number of benzene rings is 4. The van der Waals surface area contributed by atoms with Crippen molar-refractivity contribution in [2.75, 3.05) is 9.80 Å². The molecule has 4 heterocycles. The normalized spacial score (nSPS) is 11.5. The molecule has 0 amide bonds. The first kappa shape index (κ1) is 40.7.